The molecule has 2 unspecified atom stereocenters. The van der Waals surface area contributed by atoms with Crippen LogP contribution in [0.3, 0.4) is 0 Å². The lowest BCUT2D eigenvalue weighted by molar-refractivity contribution is 0.0884. The molecule has 27 heavy (non-hydrogen) atoms. The molecular weight excluding hydrogens is 342 g/mol. The van der Waals surface area contributed by atoms with Crippen LogP contribution in [0.15, 0.2) is 4.99 Å². The Morgan fingerprint density at radius 2 is 2.00 bits per heavy atom. The van der Waals surface area contributed by atoms with Gasteiger partial charge in [0.25, 0.3) is 0 Å². The summed E-state index contributed by atoms with van der Waals surface area (Å²) >= 11 is 0. The van der Waals surface area contributed by atoms with Gasteiger partial charge in [0.15, 0.2) is 5.96 Å². The average molecular weight is 384 g/mol. The van der Waals surface area contributed by atoms with E-state index in [4.69, 9.17) is 9.47 Å². The van der Waals surface area contributed by atoms with Crippen molar-refractivity contribution in [2.45, 2.75) is 32.7 Å². The lowest BCUT2D eigenvalue weighted by Gasteiger charge is -2.40. The van der Waals surface area contributed by atoms with Gasteiger partial charge in [-0.1, -0.05) is 13.8 Å². The minimum atomic E-state index is 0.536. The molecule has 0 radical (unpaired) electrons. The Bertz CT molecular complexity index is 419. The van der Waals surface area contributed by atoms with Crippen molar-refractivity contribution >= 4 is 5.96 Å². The fraction of sp³-hybridized carbons (Fsp3) is 0.950. The van der Waals surface area contributed by atoms with Crippen LogP contribution in [0.2, 0.25) is 0 Å². The molecule has 7 heteroatoms. The van der Waals surface area contributed by atoms with E-state index in [2.05, 4.69) is 46.3 Å². The van der Waals surface area contributed by atoms with E-state index in [0.717, 1.165) is 84.5 Å². The maximum Gasteiger partial charge on any atom is 0.191 e. The van der Waals surface area contributed by atoms with E-state index in [1.807, 2.05) is 7.05 Å². The van der Waals surface area contributed by atoms with Crippen LogP contribution in [0.25, 0.3) is 0 Å². The summed E-state index contributed by atoms with van der Waals surface area (Å²) in [6, 6.07) is 0.536. The number of nitrogens with one attached hydrogen (secondary N) is 2. The number of aliphatic imine (C=N–C) groups is 1. The topological polar surface area (TPSA) is 61.4 Å². The fourth-order valence-corrected chi connectivity index (χ4v) is 3.71. The molecule has 2 fully saturated rings. The van der Waals surface area contributed by atoms with Crippen molar-refractivity contribution in [3.8, 4) is 0 Å². The van der Waals surface area contributed by atoms with Gasteiger partial charge in [-0.15, -0.1) is 0 Å². The molecule has 0 amide bonds. The monoisotopic (exact) mass is 383 g/mol. The molecular formula is C20H41N5O2. The summed E-state index contributed by atoms with van der Waals surface area (Å²) in [6.07, 6.45) is 2.12. The molecule has 0 aliphatic carbocycles. The Labute approximate surface area is 165 Å². The molecule has 7 nitrogen and oxygen atoms in total. The van der Waals surface area contributed by atoms with E-state index in [9.17, 15) is 0 Å². The molecule has 0 bridgehead atoms. The first-order valence-electron chi connectivity index (χ1n) is 10.6. The highest BCUT2D eigenvalue weighted by atomic mass is 16.5. The van der Waals surface area contributed by atoms with E-state index in [1.54, 1.807) is 0 Å². The lowest BCUT2D eigenvalue weighted by Crippen LogP contribution is -2.55. The molecule has 2 heterocycles. The van der Waals surface area contributed by atoms with Crippen molar-refractivity contribution in [3.05, 3.63) is 0 Å². The van der Waals surface area contributed by atoms with Gasteiger partial charge in [-0.2, -0.15) is 0 Å². The second-order valence-corrected chi connectivity index (χ2v) is 8.19. The zero-order valence-corrected chi connectivity index (χ0v) is 17.9. The standard InChI is InChI=1S/C20H41N5O2/c1-17(2)19(25-10-8-24(4)9-11-25)14-23-20(21-3)22-7-5-12-26-15-18-6-13-27-16-18/h17-19H,5-16H2,1-4H3,(H2,21,22,23). The smallest absolute Gasteiger partial charge is 0.191 e. The van der Waals surface area contributed by atoms with Gasteiger partial charge in [0.05, 0.1) is 13.2 Å². The normalized spacial score (nSPS) is 23.7. The average Bonchev–Trinajstić information content (AvgIpc) is 3.17. The molecule has 2 N–H and O–H groups in total. The van der Waals surface area contributed by atoms with Crippen molar-refractivity contribution in [2.24, 2.45) is 16.8 Å². The largest absolute Gasteiger partial charge is 0.381 e. The summed E-state index contributed by atoms with van der Waals surface area (Å²) in [6.45, 7) is 14.4. The third-order valence-electron chi connectivity index (χ3n) is 5.61. The first-order valence-corrected chi connectivity index (χ1v) is 10.6. The molecule has 0 saturated carbocycles. The fourth-order valence-electron chi connectivity index (χ4n) is 3.71. The minimum Gasteiger partial charge on any atom is -0.381 e. The van der Waals surface area contributed by atoms with Gasteiger partial charge >= 0.3 is 0 Å². The van der Waals surface area contributed by atoms with Gasteiger partial charge in [0.2, 0.25) is 0 Å². The summed E-state index contributed by atoms with van der Waals surface area (Å²) in [5, 5.41) is 6.93. The number of hydrogen-bond acceptors (Lipinski definition) is 5. The molecule has 2 rings (SSSR count). The second-order valence-electron chi connectivity index (χ2n) is 8.19. The van der Waals surface area contributed by atoms with Crippen molar-refractivity contribution in [1.29, 1.82) is 0 Å². The summed E-state index contributed by atoms with van der Waals surface area (Å²) < 4.78 is 11.1. The number of nitrogens with zero attached hydrogens (tertiary/aromatic N) is 3. The van der Waals surface area contributed by atoms with Crippen LogP contribution in [-0.2, 0) is 9.47 Å². The Morgan fingerprint density at radius 1 is 1.22 bits per heavy atom. The zero-order valence-electron chi connectivity index (χ0n) is 17.9. The Hall–Kier alpha value is -0.890. The highest BCUT2D eigenvalue weighted by Crippen LogP contribution is 2.13. The number of guanidine groups is 1. The number of hydrogen-bond donors (Lipinski definition) is 2. The number of rotatable bonds is 10. The molecule has 2 aliphatic rings. The first-order chi connectivity index (χ1) is 13.1. The minimum absolute atomic E-state index is 0.536. The molecule has 158 valence electrons. The molecule has 0 aromatic rings. The van der Waals surface area contributed by atoms with Gasteiger partial charge in [0, 0.05) is 71.5 Å². The number of ether oxygens (including phenoxy) is 2. The van der Waals surface area contributed by atoms with Crippen LogP contribution >= 0.6 is 0 Å². The molecule has 2 aliphatic heterocycles. The molecule has 0 spiro atoms. The van der Waals surface area contributed by atoms with Gasteiger partial charge < -0.3 is 25.0 Å². The van der Waals surface area contributed by atoms with Crippen molar-refractivity contribution in [3.63, 3.8) is 0 Å². The van der Waals surface area contributed by atoms with Gasteiger partial charge in [-0.05, 0) is 25.8 Å². The third kappa shape index (κ3) is 8.34. The van der Waals surface area contributed by atoms with Gasteiger partial charge in [0.1, 0.15) is 0 Å². The third-order valence-corrected chi connectivity index (χ3v) is 5.61. The zero-order chi connectivity index (χ0) is 19.5. The van der Waals surface area contributed by atoms with Crippen molar-refractivity contribution < 1.29 is 9.47 Å². The van der Waals surface area contributed by atoms with Crippen molar-refractivity contribution in [2.75, 3.05) is 79.8 Å². The summed E-state index contributed by atoms with van der Waals surface area (Å²) in [7, 11) is 4.04. The Kier molecular flexibility index (Phi) is 10.4. The van der Waals surface area contributed by atoms with E-state index in [0.29, 0.717) is 17.9 Å². The molecule has 2 atom stereocenters. The highest BCUT2D eigenvalue weighted by Gasteiger charge is 2.25. The van der Waals surface area contributed by atoms with Gasteiger partial charge in [-0.25, -0.2) is 0 Å². The van der Waals surface area contributed by atoms with Crippen LogP contribution in [0.1, 0.15) is 26.7 Å². The summed E-state index contributed by atoms with van der Waals surface area (Å²) in [5.41, 5.74) is 0. The second kappa shape index (κ2) is 12.5. The number of piperazine rings is 1. The summed E-state index contributed by atoms with van der Waals surface area (Å²) in [4.78, 5) is 9.39. The van der Waals surface area contributed by atoms with E-state index in [1.165, 1.54) is 0 Å². The number of likely N-dealkylation sites (N-methyl/N-ethyl adjacent to an activating group) is 1. The lowest BCUT2D eigenvalue weighted by atomic mass is 10.0. The molecule has 0 aromatic carbocycles. The van der Waals surface area contributed by atoms with E-state index >= 15 is 0 Å². The van der Waals surface area contributed by atoms with Crippen LogP contribution in [-0.4, -0.2) is 102 Å². The van der Waals surface area contributed by atoms with Crippen LogP contribution < -0.4 is 10.6 Å². The maximum atomic E-state index is 5.76. The Balaban J connectivity index is 1.60. The van der Waals surface area contributed by atoms with Crippen molar-refractivity contribution in [1.82, 2.24) is 20.4 Å². The predicted molar refractivity (Wildman–Crippen MR) is 111 cm³/mol. The molecule has 2 saturated heterocycles. The first kappa shape index (κ1) is 22.4. The van der Waals surface area contributed by atoms with Crippen LogP contribution in [0.4, 0.5) is 0 Å². The summed E-state index contributed by atoms with van der Waals surface area (Å²) in [5.74, 6) is 2.10. The van der Waals surface area contributed by atoms with Crippen LogP contribution in [0.5, 0.6) is 0 Å². The predicted octanol–water partition coefficient (Wildman–Crippen LogP) is 0.867. The SMILES string of the molecule is CN=C(NCCCOCC1CCOC1)NCC(C(C)C)N1CCN(C)CC1. The molecule has 0 aromatic heterocycles. The highest BCUT2D eigenvalue weighted by molar-refractivity contribution is 5.79. The van der Waals surface area contributed by atoms with Crippen LogP contribution in [0, 0.1) is 11.8 Å². The van der Waals surface area contributed by atoms with E-state index < -0.39 is 0 Å². The Morgan fingerprint density at radius 3 is 2.63 bits per heavy atom. The quantitative estimate of drug-likeness (QED) is 0.332. The van der Waals surface area contributed by atoms with E-state index in [-0.39, 0.29) is 0 Å². The van der Waals surface area contributed by atoms with Gasteiger partial charge in [-0.3, -0.25) is 9.89 Å². The maximum absolute atomic E-state index is 5.76.